The third-order valence-corrected chi connectivity index (χ3v) is 4.70. The molecule has 0 atom stereocenters. The van der Waals surface area contributed by atoms with Gasteiger partial charge in [-0.05, 0) is 5.41 Å². The minimum absolute atomic E-state index is 0.288. The Hall–Kier alpha value is -0.0500. The molecule has 1 saturated heterocycles. The molecule has 1 aliphatic rings. The molecule has 0 bridgehead atoms. The van der Waals surface area contributed by atoms with Crippen molar-refractivity contribution in [2.75, 3.05) is 18.6 Å². The summed E-state index contributed by atoms with van der Waals surface area (Å²) in [5.74, 6) is 1.58. The highest BCUT2D eigenvalue weighted by Crippen LogP contribution is 2.32. The second kappa shape index (κ2) is 1.72. The van der Waals surface area contributed by atoms with Gasteiger partial charge in [-0.3, -0.25) is 0 Å². The monoisotopic (exact) mass is 147 g/mol. The SMILES string of the molecule is CN=S1(=O)CC(C)(C)C1. The van der Waals surface area contributed by atoms with E-state index in [0.717, 1.165) is 11.5 Å². The second-order valence-corrected chi connectivity index (χ2v) is 5.90. The number of hydrogen-bond donors (Lipinski definition) is 0. The smallest absolute Gasteiger partial charge is 0.0476 e. The Balaban J connectivity index is 2.74. The van der Waals surface area contributed by atoms with Crippen LogP contribution in [-0.2, 0) is 9.73 Å². The van der Waals surface area contributed by atoms with Gasteiger partial charge >= 0.3 is 0 Å². The Kier molecular flexibility index (Phi) is 1.35. The molecular weight excluding hydrogens is 134 g/mol. The largest absolute Gasteiger partial charge is 0.250 e. The highest BCUT2D eigenvalue weighted by atomic mass is 32.2. The van der Waals surface area contributed by atoms with E-state index in [9.17, 15) is 4.21 Å². The molecular formula is C6H13NOS. The third-order valence-electron chi connectivity index (χ3n) is 1.57. The molecule has 1 aliphatic heterocycles. The number of rotatable bonds is 0. The summed E-state index contributed by atoms with van der Waals surface area (Å²) in [6.07, 6.45) is 0. The summed E-state index contributed by atoms with van der Waals surface area (Å²) in [5.41, 5.74) is 0.288. The Labute approximate surface area is 56.8 Å². The highest BCUT2D eigenvalue weighted by molar-refractivity contribution is 7.95. The van der Waals surface area contributed by atoms with Crippen LogP contribution >= 0.6 is 0 Å². The van der Waals surface area contributed by atoms with Crippen molar-refractivity contribution in [3.63, 3.8) is 0 Å². The minimum Gasteiger partial charge on any atom is -0.250 e. The first kappa shape index (κ1) is 7.06. The summed E-state index contributed by atoms with van der Waals surface area (Å²) in [5, 5.41) is 0. The summed E-state index contributed by atoms with van der Waals surface area (Å²) in [4.78, 5) is 0. The molecule has 0 aliphatic carbocycles. The van der Waals surface area contributed by atoms with Crippen molar-refractivity contribution in [3.05, 3.63) is 0 Å². The van der Waals surface area contributed by atoms with Crippen LogP contribution in [0, 0.1) is 5.41 Å². The van der Waals surface area contributed by atoms with Gasteiger partial charge in [0, 0.05) is 28.3 Å². The average molecular weight is 147 g/mol. The summed E-state index contributed by atoms with van der Waals surface area (Å²) in [6, 6.07) is 0. The maximum Gasteiger partial charge on any atom is 0.0476 e. The van der Waals surface area contributed by atoms with Crippen LogP contribution in [0.25, 0.3) is 0 Å². The molecule has 0 spiro atoms. The molecule has 1 rings (SSSR count). The number of hydrogen-bond acceptors (Lipinski definition) is 2. The van der Waals surface area contributed by atoms with E-state index in [1.165, 1.54) is 0 Å². The van der Waals surface area contributed by atoms with Gasteiger partial charge in [0.1, 0.15) is 0 Å². The fourth-order valence-electron chi connectivity index (χ4n) is 1.31. The molecule has 0 unspecified atom stereocenters. The van der Waals surface area contributed by atoms with Crippen molar-refractivity contribution in [1.29, 1.82) is 0 Å². The maximum absolute atomic E-state index is 11.3. The van der Waals surface area contributed by atoms with E-state index in [1.807, 2.05) is 0 Å². The molecule has 0 aromatic rings. The Morgan fingerprint density at radius 1 is 1.44 bits per heavy atom. The van der Waals surface area contributed by atoms with Gasteiger partial charge < -0.3 is 0 Å². The Bertz CT molecular complexity index is 209. The lowest BCUT2D eigenvalue weighted by molar-refractivity contribution is 0.434. The van der Waals surface area contributed by atoms with E-state index in [1.54, 1.807) is 7.05 Å². The van der Waals surface area contributed by atoms with Crippen LogP contribution in [0.15, 0.2) is 4.36 Å². The Morgan fingerprint density at radius 3 is 2.00 bits per heavy atom. The zero-order chi connectivity index (χ0) is 7.12. The van der Waals surface area contributed by atoms with Crippen molar-refractivity contribution in [2.24, 2.45) is 9.78 Å². The summed E-state index contributed by atoms with van der Waals surface area (Å²) in [6.45, 7) is 4.25. The normalized spacial score (nSPS) is 28.8. The molecule has 2 nitrogen and oxygen atoms in total. The van der Waals surface area contributed by atoms with Crippen molar-refractivity contribution >= 4 is 9.73 Å². The van der Waals surface area contributed by atoms with Crippen molar-refractivity contribution in [3.8, 4) is 0 Å². The summed E-state index contributed by atoms with van der Waals surface area (Å²) >= 11 is 0. The van der Waals surface area contributed by atoms with Gasteiger partial charge in [0.2, 0.25) is 0 Å². The van der Waals surface area contributed by atoms with Gasteiger partial charge in [0.05, 0.1) is 0 Å². The fourth-order valence-corrected chi connectivity index (χ4v) is 3.92. The lowest BCUT2D eigenvalue weighted by Gasteiger charge is -2.36. The van der Waals surface area contributed by atoms with Crippen molar-refractivity contribution in [2.45, 2.75) is 13.8 Å². The van der Waals surface area contributed by atoms with Crippen molar-refractivity contribution < 1.29 is 4.21 Å². The molecule has 9 heavy (non-hydrogen) atoms. The van der Waals surface area contributed by atoms with Crippen LogP contribution in [0.5, 0.6) is 0 Å². The highest BCUT2D eigenvalue weighted by Gasteiger charge is 2.37. The van der Waals surface area contributed by atoms with Crippen LogP contribution in [0.2, 0.25) is 0 Å². The zero-order valence-electron chi connectivity index (χ0n) is 6.18. The molecule has 0 aromatic carbocycles. The van der Waals surface area contributed by atoms with E-state index < -0.39 is 9.73 Å². The van der Waals surface area contributed by atoms with Gasteiger partial charge in [-0.1, -0.05) is 13.8 Å². The molecule has 54 valence electrons. The van der Waals surface area contributed by atoms with Gasteiger partial charge in [0.25, 0.3) is 0 Å². The predicted molar refractivity (Wildman–Crippen MR) is 40.0 cm³/mol. The third kappa shape index (κ3) is 1.26. The molecule has 0 N–H and O–H groups in total. The first-order chi connectivity index (χ1) is 3.97. The van der Waals surface area contributed by atoms with Crippen LogP contribution in [0.3, 0.4) is 0 Å². The number of nitrogens with zero attached hydrogens (tertiary/aromatic N) is 1. The van der Waals surface area contributed by atoms with Crippen molar-refractivity contribution in [1.82, 2.24) is 0 Å². The second-order valence-electron chi connectivity index (χ2n) is 3.41. The first-order valence-electron chi connectivity index (χ1n) is 3.08. The maximum atomic E-state index is 11.3. The average Bonchev–Trinajstić information content (AvgIpc) is 1.61. The Morgan fingerprint density at radius 2 is 1.89 bits per heavy atom. The van der Waals surface area contributed by atoms with E-state index in [4.69, 9.17) is 0 Å². The molecule has 0 radical (unpaired) electrons. The van der Waals surface area contributed by atoms with E-state index >= 15 is 0 Å². The van der Waals surface area contributed by atoms with Crippen LogP contribution < -0.4 is 0 Å². The van der Waals surface area contributed by atoms with Gasteiger partial charge in [-0.25, -0.2) is 8.57 Å². The topological polar surface area (TPSA) is 29.4 Å². The predicted octanol–water partition coefficient (Wildman–Crippen LogP) is 1.12. The van der Waals surface area contributed by atoms with Crippen LogP contribution in [0.1, 0.15) is 13.8 Å². The fraction of sp³-hybridized carbons (Fsp3) is 1.00. The van der Waals surface area contributed by atoms with Gasteiger partial charge in [-0.2, -0.15) is 0 Å². The van der Waals surface area contributed by atoms with E-state index in [2.05, 4.69) is 18.2 Å². The lowest BCUT2D eigenvalue weighted by Crippen LogP contribution is -2.43. The molecule has 1 heterocycles. The van der Waals surface area contributed by atoms with Gasteiger partial charge in [0.15, 0.2) is 0 Å². The molecule has 0 amide bonds. The molecule has 1 fully saturated rings. The summed E-state index contributed by atoms with van der Waals surface area (Å²) in [7, 11) is -0.0591. The molecule has 3 heteroatoms. The first-order valence-corrected chi connectivity index (χ1v) is 4.93. The van der Waals surface area contributed by atoms with Gasteiger partial charge in [-0.15, -0.1) is 0 Å². The molecule has 0 aromatic heterocycles. The standard InChI is InChI=1S/C6H13NOS/c1-6(2)4-9(8,5-6)7-3/h4-5H2,1-3H3. The van der Waals surface area contributed by atoms with Crippen LogP contribution in [-0.4, -0.2) is 22.8 Å². The van der Waals surface area contributed by atoms with E-state index in [0.29, 0.717) is 0 Å². The lowest BCUT2D eigenvalue weighted by atomic mass is 9.99. The zero-order valence-corrected chi connectivity index (χ0v) is 6.99. The van der Waals surface area contributed by atoms with E-state index in [-0.39, 0.29) is 5.41 Å². The molecule has 0 saturated carbocycles. The quantitative estimate of drug-likeness (QED) is 0.505. The van der Waals surface area contributed by atoms with Crippen LogP contribution in [0.4, 0.5) is 0 Å². The minimum atomic E-state index is -1.71. The summed E-state index contributed by atoms with van der Waals surface area (Å²) < 4.78 is 15.1.